The lowest BCUT2D eigenvalue weighted by molar-refractivity contribution is 0.395. The number of hydrogen-bond donors (Lipinski definition) is 1. The van der Waals surface area contributed by atoms with Crippen molar-refractivity contribution in [2.75, 3.05) is 19.5 Å². The van der Waals surface area contributed by atoms with E-state index in [4.69, 9.17) is 21.1 Å². The maximum Gasteiger partial charge on any atom is 0.145 e. The lowest BCUT2D eigenvalue weighted by Crippen LogP contribution is -2.03. The average Bonchev–Trinajstić information content (AvgIpc) is 2.46. The second-order valence-corrected chi connectivity index (χ2v) is 4.54. The molecule has 0 aromatic heterocycles. The summed E-state index contributed by atoms with van der Waals surface area (Å²) in [4.78, 5) is 0. The van der Waals surface area contributed by atoms with Gasteiger partial charge < -0.3 is 14.8 Å². The second kappa shape index (κ2) is 6.48. The number of halogens is 2. The Morgan fingerprint density at radius 1 is 1.10 bits per heavy atom. The first-order valence-corrected chi connectivity index (χ1v) is 6.42. The Balaban J connectivity index is 2.21. The van der Waals surface area contributed by atoms with Crippen LogP contribution in [0.1, 0.15) is 5.56 Å². The van der Waals surface area contributed by atoms with E-state index in [0.29, 0.717) is 34.3 Å². The van der Waals surface area contributed by atoms with Crippen LogP contribution in [0.15, 0.2) is 36.4 Å². The van der Waals surface area contributed by atoms with E-state index in [2.05, 4.69) is 5.32 Å². The van der Waals surface area contributed by atoms with Crippen molar-refractivity contribution in [3.8, 4) is 11.5 Å². The summed E-state index contributed by atoms with van der Waals surface area (Å²) in [6.45, 7) is 0.339. The number of benzene rings is 2. The van der Waals surface area contributed by atoms with Crippen LogP contribution in [0, 0.1) is 5.82 Å². The van der Waals surface area contributed by atoms with Gasteiger partial charge in [-0.1, -0.05) is 29.8 Å². The number of hydrogen-bond acceptors (Lipinski definition) is 3. The molecule has 2 aromatic carbocycles. The molecular formula is C15H15ClFNO2. The number of rotatable bonds is 5. The van der Waals surface area contributed by atoms with Gasteiger partial charge in [0, 0.05) is 18.2 Å². The van der Waals surface area contributed by atoms with Crippen LogP contribution in [-0.4, -0.2) is 14.2 Å². The summed E-state index contributed by atoms with van der Waals surface area (Å²) < 4.78 is 23.9. The molecule has 106 valence electrons. The molecular weight excluding hydrogens is 281 g/mol. The third-order valence-electron chi connectivity index (χ3n) is 2.90. The smallest absolute Gasteiger partial charge is 0.145 e. The van der Waals surface area contributed by atoms with Gasteiger partial charge in [0.15, 0.2) is 0 Å². The van der Waals surface area contributed by atoms with Crippen molar-refractivity contribution in [3.05, 3.63) is 52.8 Å². The standard InChI is InChI=1S/C15H15ClFNO2/c1-19-14-8-15(20-2)13(7-11(14)16)18-9-10-5-3-4-6-12(10)17/h3-8,18H,9H2,1-2H3. The second-order valence-electron chi connectivity index (χ2n) is 4.13. The number of methoxy groups -OCH3 is 2. The van der Waals surface area contributed by atoms with Crippen molar-refractivity contribution in [2.45, 2.75) is 6.54 Å². The van der Waals surface area contributed by atoms with E-state index in [1.807, 2.05) is 0 Å². The number of nitrogens with one attached hydrogen (secondary N) is 1. The fraction of sp³-hybridized carbons (Fsp3) is 0.200. The molecule has 0 aliphatic carbocycles. The summed E-state index contributed by atoms with van der Waals surface area (Å²) in [5.74, 6) is 0.862. The lowest BCUT2D eigenvalue weighted by atomic mass is 10.2. The van der Waals surface area contributed by atoms with Crippen LogP contribution in [0.3, 0.4) is 0 Å². The zero-order valence-corrected chi connectivity index (χ0v) is 12.0. The van der Waals surface area contributed by atoms with Crippen LogP contribution in [0.5, 0.6) is 11.5 Å². The Labute approximate surface area is 122 Å². The van der Waals surface area contributed by atoms with Crippen molar-refractivity contribution in [2.24, 2.45) is 0 Å². The van der Waals surface area contributed by atoms with E-state index < -0.39 is 0 Å². The van der Waals surface area contributed by atoms with Gasteiger partial charge in [-0.25, -0.2) is 4.39 Å². The monoisotopic (exact) mass is 295 g/mol. The van der Waals surface area contributed by atoms with Gasteiger partial charge in [0.2, 0.25) is 0 Å². The maximum atomic E-state index is 13.6. The SMILES string of the molecule is COc1cc(OC)c(NCc2ccccc2F)cc1Cl. The highest BCUT2D eigenvalue weighted by Crippen LogP contribution is 2.36. The largest absolute Gasteiger partial charge is 0.495 e. The van der Waals surface area contributed by atoms with Crippen LogP contribution in [0.25, 0.3) is 0 Å². The molecule has 0 heterocycles. The van der Waals surface area contributed by atoms with Gasteiger partial charge in [-0.15, -0.1) is 0 Å². The zero-order chi connectivity index (χ0) is 14.5. The fourth-order valence-corrected chi connectivity index (χ4v) is 2.07. The quantitative estimate of drug-likeness (QED) is 0.900. The minimum absolute atomic E-state index is 0.251. The summed E-state index contributed by atoms with van der Waals surface area (Å²) in [7, 11) is 3.09. The first kappa shape index (κ1) is 14.5. The molecule has 2 aromatic rings. The topological polar surface area (TPSA) is 30.5 Å². The normalized spacial score (nSPS) is 10.2. The Hall–Kier alpha value is -1.94. The third-order valence-corrected chi connectivity index (χ3v) is 3.20. The molecule has 0 radical (unpaired) electrons. The molecule has 0 bridgehead atoms. The molecule has 2 rings (SSSR count). The van der Waals surface area contributed by atoms with Crippen LogP contribution >= 0.6 is 11.6 Å². The predicted octanol–water partition coefficient (Wildman–Crippen LogP) is 4.11. The molecule has 0 unspecified atom stereocenters. The van der Waals surface area contributed by atoms with Crippen molar-refractivity contribution in [1.29, 1.82) is 0 Å². The van der Waals surface area contributed by atoms with E-state index in [-0.39, 0.29) is 5.82 Å². The molecule has 3 nitrogen and oxygen atoms in total. The van der Waals surface area contributed by atoms with E-state index in [1.54, 1.807) is 37.4 Å². The summed E-state index contributed by atoms with van der Waals surface area (Å²) in [5, 5.41) is 3.57. The van der Waals surface area contributed by atoms with Gasteiger partial charge in [-0.2, -0.15) is 0 Å². The fourth-order valence-electron chi connectivity index (χ4n) is 1.83. The average molecular weight is 296 g/mol. The summed E-state index contributed by atoms with van der Waals surface area (Å²) >= 11 is 6.08. The van der Waals surface area contributed by atoms with Gasteiger partial charge in [0.25, 0.3) is 0 Å². The summed E-state index contributed by atoms with van der Waals surface area (Å²) in [6.07, 6.45) is 0. The van der Waals surface area contributed by atoms with Gasteiger partial charge in [-0.3, -0.25) is 0 Å². The first-order valence-electron chi connectivity index (χ1n) is 6.04. The molecule has 1 N–H and O–H groups in total. The van der Waals surface area contributed by atoms with Gasteiger partial charge in [0.05, 0.1) is 24.9 Å². The number of ether oxygens (including phenoxy) is 2. The van der Waals surface area contributed by atoms with Gasteiger partial charge >= 0.3 is 0 Å². The van der Waals surface area contributed by atoms with Crippen LogP contribution < -0.4 is 14.8 Å². The molecule has 0 saturated carbocycles. The van der Waals surface area contributed by atoms with Crippen molar-refractivity contribution >= 4 is 17.3 Å². The lowest BCUT2D eigenvalue weighted by Gasteiger charge is -2.14. The molecule has 0 atom stereocenters. The Morgan fingerprint density at radius 3 is 2.45 bits per heavy atom. The van der Waals surface area contributed by atoms with Crippen molar-refractivity contribution in [1.82, 2.24) is 0 Å². The first-order chi connectivity index (χ1) is 9.65. The van der Waals surface area contributed by atoms with E-state index in [0.717, 1.165) is 0 Å². The Bertz CT molecular complexity index is 604. The highest BCUT2D eigenvalue weighted by molar-refractivity contribution is 6.32. The highest BCUT2D eigenvalue weighted by Gasteiger charge is 2.10. The minimum atomic E-state index is -0.251. The predicted molar refractivity (Wildman–Crippen MR) is 78.3 cm³/mol. The number of anilines is 1. The van der Waals surface area contributed by atoms with Gasteiger partial charge in [0.1, 0.15) is 17.3 Å². The minimum Gasteiger partial charge on any atom is -0.495 e. The molecule has 0 amide bonds. The highest BCUT2D eigenvalue weighted by atomic mass is 35.5. The summed E-state index contributed by atoms with van der Waals surface area (Å²) in [6, 6.07) is 9.98. The van der Waals surface area contributed by atoms with E-state index in [9.17, 15) is 4.39 Å². The molecule has 5 heteroatoms. The molecule has 20 heavy (non-hydrogen) atoms. The van der Waals surface area contributed by atoms with Crippen molar-refractivity contribution < 1.29 is 13.9 Å². The zero-order valence-electron chi connectivity index (χ0n) is 11.2. The van der Waals surface area contributed by atoms with E-state index >= 15 is 0 Å². The van der Waals surface area contributed by atoms with Crippen LogP contribution in [0.2, 0.25) is 5.02 Å². The van der Waals surface area contributed by atoms with E-state index in [1.165, 1.54) is 13.2 Å². The van der Waals surface area contributed by atoms with Crippen LogP contribution in [0.4, 0.5) is 10.1 Å². The summed E-state index contributed by atoms with van der Waals surface area (Å²) in [5.41, 5.74) is 1.25. The molecule has 0 saturated heterocycles. The molecule has 0 aliphatic heterocycles. The van der Waals surface area contributed by atoms with Gasteiger partial charge in [-0.05, 0) is 12.1 Å². The van der Waals surface area contributed by atoms with Crippen LogP contribution in [-0.2, 0) is 6.54 Å². The third kappa shape index (κ3) is 3.14. The van der Waals surface area contributed by atoms with Crippen molar-refractivity contribution in [3.63, 3.8) is 0 Å². The molecule has 0 fully saturated rings. The molecule has 0 spiro atoms. The Kier molecular flexibility index (Phi) is 4.69. The maximum absolute atomic E-state index is 13.6. The molecule has 0 aliphatic rings. The Morgan fingerprint density at radius 2 is 1.80 bits per heavy atom.